The molecule has 0 bridgehead atoms. The van der Waals surface area contributed by atoms with Gasteiger partial charge in [0.25, 0.3) is 5.91 Å². The number of carbonyl (C=O) groups excluding carboxylic acids is 2. The summed E-state index contributed by atoms with van der Waals surface area (Å²) in [5.41, 5.74) is 1.33. The van der Waals surface area contributed by atoms with Crippen molar-refractivity contribution in [1.82, 2.24) is 4.90 Å². The third kappa shape index (κ3) is 4.39. The van der Waals surface area contributed by atoms with Crippen LogP contribution in [0.15, 0.2) is 48.5 Å². The van der Waals surface area contributed by atoms with Gasteiger partial charge in [0.2, 0.25) is 5.91 Å². The number of hydrogen-bond donors (Lipinski definition) is 0. The van der Waals surface area contributed by atoms with E-state index in [0.29, 0.717) is 24.4 Å². The molecule has 0 aromatic heterocycles. The molecular formula is C21H24N2O4. The van der Waals surface area contributed by atoms with Crippen molar-refractivity contribution in [3.63, 3.8) is 0 Å². The molecular weight excluding hydrogens is 344 g/mol. The molecule has 27 heavy (non-hydrogen) atoms. The van der Waals surface area contributed by atoms with E-state index in [0.717, 1.165) is 11.4 Å². The van der Waals surface area contributed by atoms with Gasteiger partial charge in [-0.25, -0.2) is 0 Å². The van der Waals surface area contributed by atoms with Gasteiger partial charge in [0.05, 0.1) is 13.2 Å². The maximum Gasteiger partial charge on any atom is 0.254 e. The molecule has 0 aliphatic carbocycles. The van der Waals surface area contributed by atoms with Crippen LogP contribution in [-0.2, 0) is 4.79 Å². The van der Waals surface area contributed by atoms with E-state index in [1.807, 2.05) is 38.1 Å². The van der Waals surface area contributed by atoms with E-state index in [2.05, 4.69) is 0 Å². The molecule has 142 valence electrons. The van der Waals surface area contributed by atoms with Crippen LogP contribution in [-0.4, -0.2) is 49.6 Å². The molecule has 3 rings (SSSR count). The van der Waals surface area contributed by atoms with Crippen LogP contribution in [0.3, 0.4) is 0 Å². The van der Waals surface area contributed by atoms with Crippen molar-refractivity contribution in [1.29, 1.82) is 0 Å². The van der Waals surface area contributed by atoms with Crippen molar-refractivity contribution in [2.75, 3.05) is 31.6 Å². The lowest BCUT2D eigenvalue weighted by atomic mass is 10.1. The molecule has 0 unspecified atom stereocenters. The second kappa shape index (κ2) is 8.12. The SMILES string of the molecule is COc1cccc(N2CCN(C(=O)c3ccc(OC(C)C)cc3)CC2=O)c1. The van der Waals surface area contributed by atoms with Crippen LogP contribution < -0.4 is 14.4 Å². The zero-order valence-electron chi connectivity index (χ0n) is 15.8. The Morgan fingerprint density at radius 1 is 1.04 bits per heavy atom. The zero-order chi connectivity index (χ0) is 19.4. The van der Waals surface area contributed by atoms with Gasteiger partial charge in [0, 0.05) is 30.4 Å². The number of amides is 2. The maximum atomic E-state index is 12.7. The molecule has 1 aliphatic heterocycles. The van der Waals surface area contributed by atoms with Gasteiger partial charge in [-0.3, -0.25) is 9.59 Å². The Morgan fingerprint density at radius 2 is 1.78 bits per heavy atom. The average Bonchev–Trinajstić information content (AvgIpc) is 2.67. The minimum atomic E-state index is -0.148. The molecule has 0 atom stereocenters. The van der Waals surface area contributed by atoms with Crippen molar-refractivity contribution in [3.05, 3.63) is 54.1 Å². The lowest BCUT2D eigenvalue weighted by Gasteiger charge is -2.34. The minimum absolute atomic E-state index is 0.0558. The Hall–Kier alpha value is -3.02. The largest absolute Gasteiger partial charge is 0.497 e. The zero-order valence-corrected chi connectivity index (χ0v) is 15.8. The van der Waals surface area contributed by atoms with Crippen LogP contribution in [0, 0.1) is 0 Å². The molecule has 2 aromatic carbocycles. The Labute approximate surface area is 159 Å². The number of ether oxygens (including phenoxy) is 2. The quantitative estimate of drug-likeness (QED) is 0.814. The van der Waals surface area contributed by atoms with Crippen LogP contribution in [0.2, 0.25) is 0 Å². The van der Waals surface area contributed by atoms with Crippen LogP contribution in [0.25, 0.3) is 0 Å². The topological polar surface area (TPSA) is 59.1 Å². The van der Waals surface area contributed by atoms with Gasteiger partial charge < -0.3 is 19.3 Å². The summed E-state index contributed by atoms with van der Waals surface area (Å²) in [5, 5.41) is 0. The predicted octanol–water partition coefficient (Wildman–Crippen LogP) is 2.97. The number of nitrogens with zero attached hydrogens (tertiary/aromatic N) is 2. The molecule has 6 heteroatoms. The van der Waals surface area contributed by atoms with Gasteiger partial charge in [-0.05, 0) is 50.2 Å². The van der Waals surface area contributed by atoms with Crippen LogP contribution in [0.4, 0.5) is 5.69 Å². The normalized spacial score (nSPS) is 14.4. The summed E-state index contributed by atoms with van der Waals surface area (Å²) in [6.07, 6.45) is 0.0776. The van der Waals surface area contributed by atoms with E-state index in [9.17, 15) is 9.59 Å². The third-order valence-corrected chi connectivity index (χ3v) is 4.35. The van der Waals surface area contributed by atoms with Crippen molar-refractivity contribution in [2.24, 2.45) is 0 Å². The van der Waals surface area contributed by atoms with Crippen molar-refractivity contribution in [2.45, 2.75) is 20.0 Å². The van der Waals surface area contributed by atoms with Gasteiger partial charge in [0.1, 0.15) is 18.0 Å². The summed E-state index contributed by atoms with van der Waals surface area (Å²) in [7, 11) is 1.59. The second-order valence-corrected chi connectivity index (χ2v) is 6.66. The Bertz CT molecular complexity index is 817. The highest BCUT2D eigenvalue weighted by atomic mass is 16.5. The van der Waals surface area contributed by atoms with Crippen molar-refractivity contribution >= 4 is 17.5 Å². The number of carbonyl (C=O) groups is 2. The third-order valence-electron chi connectivity index (χ3n) is 4.35. The first kappa shape index (κ1) is 18.8. The number of hydrogen-bond acceptors (Lipinski definition) is 4. The molecule has 6 nitrogen and oxygen atoms in total. The van der Waals surface area contributed by atoms with E-state index in [1.54, 1.807) is 41.2 Å². The molecule has 0 saturated carbocycles. The molecule has 1 fully saturated rings. The molecule has 2 amide bonds. The number of anilines is 1. The highest BCUT2D eigenvalue weighted by Gasteiger charge is 2.28. The highest BCUT2D eigenvalue weighted by molar-refractivity contribution is 6.01. The van der Waals surface area contributed by atoms with E-state index >= 15 is 0 Å². The number of methoxy groups -OCH3 is 1. The van der Waals surface area contributed by atoms with Crippen molar-refractivity contribution < 1.29 is 19.1 Å². The molecule has 1 aliphatic rings. The average molecular weight is 368 g/mol. The van der Waals surface area contributed by atoms with Gasteiger partial charge in [-0.2, -0.15) is 0 Å². The number of rotatable bonds is 5. The lowest BCUT2D eigenvalue weighted by Crippen LogP contribution is -2.52. The summed E-state index contributed by atoms with van der Waals surface area (Å²) >= 11 is 0. The van der Waals surface area contributed by atoms with Gasteiger partial charge in [0.15, 0.2) is 0 Å². The van der Waals surface area contributed by atoms with Gasteiger partial charge >= 0.3 is 0 Å². The molecule has 0 spiro atoms. The summed E-state index contributed by atoms with van der Waals surface area (Å²) in [6.45, 7) is 4.89. The smallest absolute Gasteiger partial charge is 0.254 e. The Morgan fingerprint density at radius 3 is 2.41 bits per heavy atom. The van der Waals surface area contributed by atoms with E-state index in [-0.39, 0.29) is 24.5 Å². The molecule has 1 heterocycles. The number of benzene rings is 2. The van der Waals surface area contributed by atoms with Gasteiger partial charge in [-0.15, -0.1) is 0 Å². The van der Waals surface area contributed by atoms with Crippen LogP contribution in [0.5, 0.6) is 11.5 Å². The van der Waals surface area contributed by atoms with E-state index < -0.39 is 0 Å². The minimum Gasteiger partial charge on any atom is -0.497 e. The van der Waals surface area contributed by atoms with Gasteiger partial charge in [-0.1, -0.05) is 6.07 Å². The van der Waals surface area contributed by atoms with Crippen molar-refractivity contribution in [3.8, 4) is 11.5 Å². The Kier molecular flexibility index (Phi) is 5.64. The standard InChI is InChI=1S/C21H24N2O4/c1-15(2)27-18-9-7-16(8-10-18)21(25)22-11-12-23(20(24)14-22)17-5-4-6-19(13-17)26-3/h4-10,13,15H,11-12,14H2,1-3H3. The predicted molar refractivity (Wildman–Crippen MR) is 103 cm³/mol. The molecule has 1 saturated heterocycles. The van der Waals surface area contributed by atoms with Crippen LogP contribution in [0.1, 0.15) is 24.2 Å². The lowest BCUT2D eigenvalue weighted by molar-refractivity contribution is -0.120. The summed E-state index contributed by atoms with van der Waals surface area (Å²) < 4.78 is 10.8. The van der Waals surface area contributed by atoms with E-state index in [4.69, 9.17) is 9.47 Å². The summed E-state index contributed by atoms with van der Waals surface area (Å²) in [6, 6.07) is 14.4. The molecule has 0 radical (unpaired) electrons. The fraction of sp³-hybridized carbons (Fsp3) is 0.333. The van der Waals surface area contributed by atoms with E-state index in [1.165, 1.54) is 0 Å². The number of piperazine rings is 1. The highest BCUT2D eigenvalue weighted by Crippen LogP contribution is 2.23. The fourth-order valence-electron chi connectivity index (χ4n) is 3.03. The van der Waals surface area contributed by atoms with Crippen LogP contribution >= 0.6 is 0 Å². The summed E-state index contributed by atoms with van der Waals surface area (Å²) in [5.74, 6) is 1.16. The Balaban J connectivity index is 1.66. The first-order valence-electron chi connectivity index (χ1n) is 8.98. The maximum absolute atomic E-state index is 12.7. The monoisotopic (exact) mass is 368 g/mol. The molecule has 2 aromatic rings. The summed E-state index contributed by atoms with van der Waals surface area (Å²) in [4.78, 5) is 28.6. The first-order valence-corrected chi connectivity index (χ1v) is 8.98. The first-order chi connectivity index (χ1) is 13.0. The fourth-order valence-corrected chi connectivity index (χ4v) is 3.03. The second-order valence-electron chi connectivity index (χ2n) is 6.66. The molecule has 0 N–H and O–H groups in total.